The fraction of sp³-hybridized carbons (Fsp3) is 0.172. The van der Waals surface area contributed by atoms with Gasteiger partial charge in [0.15, 0.2) is 0 Å². The van der Waals surface area contributed by atoms with E-state index in [1.165, 1.54) is 48.5 Å². The molecule has 0 amide bonds. The Hall–Kier alpha value is -2.54. The Balaban J connectivity index is 1.68. The molecule has 0 nitrogen and oxygen atoms in total. The van der Waals surface area contributed by atoms with Crippen molar-refractivity contribution in [3.8, 4) is 0 Å². The van der Waals surface area contributed by atoms with E-state index in [1.54, 1.807) is 0 Å². The molecule has 0 N–H and O–H groups in total. The van der Waals surface area contributed by atoms with Crippen molar-refractivity contribution in [1.29, 1.82) is 0 Å². The van der Waals surface area contributed by atoms with Gasteiger partial charge in [-0.25, -0.2) is 17.6 Å². The zero-order valence-electron chi connectivity index (χ0n) is 19.5. The Morgan fingerprint density at radius 3 is 0.829 bits per heavy atom. The van der Waals surface area contributed by atoms with Gasteiger partial charge >= 0.3 is 0 Å². The standard InChI is InChI=1S/C29H26F4P2/c1-20(34(26-11-3-22(30)4-12-26)27-13-5-23(31)6-14-27)19-21(2)35(28-15-7-24(32)8-16-28)29-17-9-25(33)10-18-29/h3-18,20-21H,19H2,1-2H3. The van der Waals surface area contributed by atoms with Crippen molar-refractivity contribution in [2.24, 2.45) is 0 Å². The molecule has 0 aromatic heterocycles. The Morgan fingerprint density at radius 1 is 0.429 bits per heavy atom. The smallest absolute Gasteiger partial charge is 0.123 e. The molecule has 0 fully saturated rings. The molecular formula is C29H26F4P2. The lowest BCUT2D eigenvalue weighted by Crippen LogP contribution is -2.26. The molecule has 2 atom stereocenters. The summed E-state index contributed by atoms with van der Waals surface area (Å²) in [6, 6.07) is 26.2. The number of benzene rings is 4. The van der Waals surface area contributed by atoms with Crippen LogP contribution in [0.2, 0.25) is 0 Å². The molecule has 0 aliphatic rings. The highest BCUT2D eigenvalue weighted by atomic mass is 31.1. The van der Waals surface area contributed by atoms with Crippen LogP contribution in [0.25, 0.3) is 0 Å². The first-order valence-electron chi connectivity index (χ1n) is 11.4. The lowest BCUT2D eigenvalue weighted by molar-refractivity contribution is 0.627. The van der Waals surface area contributed by atoms with E-state index in [9.17, 15) is 17.6 Å². The molecule has 0 heterocycles. The fourth-order valence-corrected chi connectivity index (χ4v) is 10.2. The second kappa shape index (κ2) is 11.5. The topological polar surface area (TPSA) is 0 Å². The van der Waals surface area contributed by atoms with Gasteiger partial charge < -0.3 is 0 Å². The van der Waals surface area contributed by atoms with Crippen molar-refractivity contribution in [2.75, 3.05) is 0 Å². The van der Waals surface area contributed by atoms with E-state index < -0.39 is 15.8 Å². The summed E-state index contributed by atoms with van der Waals surface area (Å²) in [6.07, 6.45) is 0.834. The van der Waals surface area contributed by atoms with Gasteiger partial charge in [-0.15, -0.1) is 0 Å². The molecule has 0 bridgehead atoms. The van der Waals surface area contributed by atoms with Crippen LogP contribution in [0, 0.1) is 23.3 Å². The summed E-state index contributed by atoms with van der Waals surface area (Å²) in [6.45, 7) is 4.36. The van der Waals surface area contributed by atoms with E-state index in [4.69, 9.17) is 0 Å². The van der Waals surface area contributed by atoms with Crippen LogP contribution in [0.3, 0.4) is 0 Å². The average molecular weight is 512 g/mol. The number of rotatable bonds is 8. The SMILES string of the molecule is CC(CC(C)P(c1ccc(F)cc1)c1ccc(F)cc1)P(c1ccc(F)cc1)c1ccc(F)cc1. The molecule has 4 aromatic rings. The largest absolute Gasteiger partial charge is 0.207 e. The van der Waals surface area contributed by atoms with E-state index in [0.717, 1.165) is 27.6 Å². The van der Waals surface area contributed by atoms with Crippen molar-refractivity contribution >= 4 is 37.1 Å². The predicted octanol–water partition coefficient (Wildman–Crippen LogP) is 6.98. The van der Waals surface area contributed by atoms with E-state index in [-0.39, 0.29) is 34.6 Å². The molecule has 6 heteroatoms. The molecule has 0 saturated carbocycles. The minimum Gasteiger partial charge on any atom is -0.207 e. The van der Waals surface area contributed by atoms with E-state index >= 15 is 0 Å². The van der Waals surface area contributed by atoms with Crippen LogP contribution >= 0.6 is 15.8 Å². The van der Waals surface area contributed by atoms with Crippen LogP contribution in [0.1, 0.15) is 20.3 Å². The average Bonchev–Trinajstić information content (AvgIpc) is 2.84. The molecule has 0 saturated heterocycles. The molecule has 0 radical (unpaired) electrons. The van der Waals surface area contributed by atoms with Crippen molar-refractivity contribution in [1.82, 2.24) is 0 Å². The minimum absolute atomic E-state index is 0.196. The van der Waals surface area contributed by atoms with Gasteiger partial charge in [-0.3, -0.25) is 0 Å². The van der Waals surface area contributed by atoms with Crippen molar-refractivity contribution in [3.05, 3.63) is 120 Å². The van der Waals surface area contributed by atoms with Crippen LogP contribution < -0.4 is 21.2 Å². The Morgan fingerprint density at radius 2 is 0.629 bits per heavy atom. The summed E-state index contributed by atoms with van der Waals surface area (Å²) >= 11 is 0. The highest BCUT2D eigenvalue weighted by Gasteiger charge is 2.28. The van der Waals surface area contributed by atoms with E-state index in [1.807, 2.05) is 48.5 Å². The lowest BCUT2D eigenvalue weighted by Gasteiger charge is -2.32. The Labute approximate surface area is 206 Å². The third-order valence-electron chi connectivity index (χ3n) is 5.98. The monoisotopic (exact) mass is 512 g/mol. The minimum atomic E-state index is -0.885. The predicted molar refractivity (Wildman–Crippen MR) is 142 cm³/mol. The molecule has 35 heavy (non-hydrogen) atoms. The quantitative estimate of drug-likeness (QED) is 0.177. The molecule has 4 aromatic carbocycles. The zero-order valence-corrected chi connectivity index (χ0v) is 21.3. The van der Waals surface area contributed by atoms with Gasteiger partial charge in [0.2, 0.25) is 0 Å². The third kappa shape index (κ3) is 6.37. The molecule has 2 unspecified atom stereocenters. The van der Waals surface area contributed by atoms with Crippen LogP contribution in [-0.2, 0) is 0 Å². The number of hydrogen-bond acceptors (Lipinski definition) is 0. The van der Waals surface area contributed by atoms with Crippen molar-refractivity contribution in [2.45, 2.75) is 31.6 Å². The van der Waals surface area contributed by atoms with E-state index in [2.05, 4.69) is 13.8 Å². The highest BCUT2D eigenvalue weighted by molar-refractivity contribution is 7.74. The lowest BCUT2D eigenvalue weighted by atomic mass is 10.2. The molecule has 0 aliphatic carbocycles. The molecule has 0 spiro atoms. The first-order chi connectivity index (χ1) is 16.8. The second-order valence-electron chi connectivity index (χ2n) is 8.58. The van der Waals surface area contributed by atoms with Crippen molar-refractivity contribution < 1.29 is 17.6 Å². The van der Waals surface area contributed by atoms with Crippen LogP contribution in [-0.4, -0.2) is 11.3 Å². The van der Waals surface area contributed by atoms with Gasteiger partial charge in [0.05, 0.1) is 0 Å². The fourth-order valence-electron chi connectivity index (χ4n) is 4.43. The summed E-state index contributed by atoms with van der Waals surface area (Å²) in [4.78, 5) is 0. The first kappa shape index (κ1) is 25.5. The van der Waals surface area contributed by atoms with Crippen LogP contribution in [0.15, 0.2) is 97.1 Å². The van der Waals surface area contributed by atoms with Crippen molar-refractivity contribution in [3.63, 3.8) is 0 Å². The molecule has 4 rings (SSSR count). The van der Waals surface area contributed by atoms with Gasteiger partial charge in [-0.05, 0) is 103 Å². The number of hydrogen-bond donors (Lipinski definition) is 0. The summed E-state index contributed by atoms with van der Waals surface area (Å²) in [7, 11) is -1.77. The maximum absolute atomic E-state index is 13.7. The summed E-state index contributed by atoms with van der Waals surface area (Å²) in [5.74, 6) is -1.17. The Kier molecular flexibility index (Phi) is 8.37. The van der Waals surface area contributed by atoms with Gasteiger partial charge in [0.1, 0.15) is 23.3 Å². The van der Waals surface area contributed by atoms with Gasteiger partial charge in [0.25, 0.3) is 0 Å². The van der Waals surface area contributed by atoms with Crippen LogP contribution in [0.5, 0.6) is 0 Å². The first-order valence-corrected chi connectivity index (χ1v) is 14.2. The van der Waals surface area contributed by atoms with Gasteiger partial charge in [0, 0.05) is 0 Å². The number of halogens is 4. The Bertz CT molecular complexity index is 1030. The van der Waals surface area contributed by atoms with Gasteiger partial charge in [-0.2, -0.15) is 0 Å². The van der Waals surface area contributed by atoms with Gasteiger partial charge in [-0.1, -0.05) is 62.4 Å². The summed E-state index contributed by atoms with van der Waals surface area (Å²) in [5.41, 5.74) is 0.392. The van der Waals surface area contributed by atoms with Crippen LogP contribution in [0.4, 0.5) is 17.6 Å². The third-order valence-corrected chi connectivity index (χ3v) is 11.6. The highest BCUT2D eigenvalue weighted by Crippen LogP contribution is 2.48. The summed E-state index contributed by atoms with van der Waals surface area (Å²) in [5, 5.41) is 4.11. The molecular weight excluding hydrogens is 486 g/mol. The maximum Gasteiger partial charge on any atom is 0.123 e. The molecule has 180 valence electrons. The zero-order chi connectivity index (χ0) is 24.9. The second-order valence-corrected chi connectivity index (χ2v) is 13.9. The van der Waals surface area contributed by atoms with E-state index in [0.29, 0.717) is 0 Å². The maximum atomic E-state index is 13.7. The molecule has 0 aliphatic heterocycles. The normalized spacial score (nSPS) is 13.3. The summed E-state index contributed by atoms with van der Waals surface area (Å²) < 4.78 is 54.6.